The molecule has 0 spiro atoms. The molecule has 2 atom stereocenters. The van der Waals surface area contributed by atoms with Crippen molar-refractivity contribution in [2.75, 3.05) is 12.4 Å². The van der Waals surface area contributed by atoms with Gasteiger partial charge in [0.25, 0.3) is 10.3 Å². The topological polar surface area (TPSA) is 116 Å². The van der Waals surface area contributed by atoms with Gasteiger partial charge < -0.3 is 15.5 Å². The maximum Gasteiger partial charge on any atom is 0.294 e. The molecule has 8 nitrogen and oxygen atoms in total. The number of nitrogens with zero attached hydrogens (tertiary/aromatic N) is 2. The molecule has 1 aliphatic heterocycles. The smallest absolute Gasteiger partial charge is 0.294 e. The zero-order valence-electron chi connectivity index (χ0n) is 8.49. The standard InChI is InChI=1S/C7H11N3O5S/c1-4(2-15-10(13)14)9-5(6(8)11)3-16-7(9)12/h4-5H,2-3H2,1H3,(H2,8,11). The Balaban J connectivity index is 2.64. The predicted octanol–water partition coefficient (Wildman–Crippen LogP) is -0.394. The third-order valence-electron chi connectivity index (χ3n) is 2.14. The molecule has 0 bridgehead atoms. The molecule has 1 fully saturated rings. The van der Waals surface area contributed by atoms with Crippen LogP contribution >= 0.6 is 11.8 Å². The number of hydrogen-bond acceptors (Lipinski definition) is 6. The van der Waals surface area contributed by atoms with Gasteiger partial charge in [0.1, 0.15) is 12.6 Å². The molecule has 1 heterocycles. The Kier molecular flexibility index (Phi) is 3.93. The van der Waals surface area contributed by atoms with Crippen LogP contribution < -0.4 is 5.73 Å². The Hall–Kier alpha value is -1.51. The van der Waals surface area contributed by atoms with Crippen molar-refractivity contribution in [2.45, 2.75) is 19.0 Å². The van der Waals surface area contributed by atoms with Gasteiger partial charge in [-0.15, -0.1) is 10.1 Å². The molecule has 0 aromatic carbocycles. The summed E-state index contributed by atoms with van der Waals surface area (Å²) in [5.74, 6) is -0.344. The number of nitrogens with two attached hydrogens (primary N) is 1. The summed E-state index contributed by atoms with van der Waals surface area (Å²) in [6.07, 6.45) is 0. The highest BCUT2D eigenvalue weighted by molar-refractivity contribution is 8.13. The molecule has 0 aliphatic carbocycles. The summed E-state index contributed by atoms with van der Waals surface area (Å²) in [5.41, 5.74) is 5.12. The zero-order chi connectivity index (χ0) is 12.3. The van der Waals surface area contributed by atoms with E-state index in [9.17, 15) is 19.7 Å². The number of rotatable bonds is 5. The van der Waals surface area contributed by atoms with Crippen molar-refractivity contribution in [1.82, 2.24) is 4.90 Å². The summed E-state index contributed by atoms with van der Waals surface area (Å²) in [4.78, 5) is 37.8. The summed E-state index contributed by atoms with van der Waals surface area (Å²) in [6.45, 7) is 1.28. The molecule has 90 valence electrons. The minimum absolute atomic E-state index is 0.275. The molecule has 0 radical (unpaired) electrons. The van der Waals surface area contributed by atoms with Gasteiger partial charge in [-0.1, -0.05) is 11.8 Å². The minimum Gasteiger partial charge on any atom is -0.368 e. The van der Waals surface area contributed by atoms with Crippen LogP contribution in [0.1, 0.15) is 6.92 Å². The first kappa shape index (κ1) is 12.6. The molecule has 0 saturated carbocycles. The van der Waals surface area contributed by atoms with Gasteiger partial charge in [0.05, 0.1) is 6.04 Å². The second-order valence-corrected chi connectivity index (χ2v) is 4.24. The van der Waals surface area contributed by atoms with Gasteiger partial charge in [-0.2, -0.15) is 0 Å². The molecule has 2 amide bonds. The van der Waals surface area contributed by atoms with Crippen LogP contribution in [-0.4, -0.2) is 45.6 Å². The summed E-state index contributed by atoms with van der Waals surface area (Å²) in [6, 6.07) is -1.28. The van der Waals surface area contributed by atoms with E-state index in [-0.39, 0.29) is 17.6 Å². The SMILES string of the molecule is CC(CO[N+](=O)[O-])N1C(=O)SCC1C(N)=O. The number of hydrogen-bond donors (Lipinski definition) is 1. The third-order valence-corrected chi connectivity index (χ3v) is 3.08. The van der Waals surface area contributed by atoms with Crippen LogP contribution in [0.25, 0.3) is 0 Å². The highest BCUT2D eigenvalue weighted by Gasteiger charge is 2.38. The van der Waals surface area contributed by atoms with Gasteiger partial charge in [-0.25, -0.2) is 0 Å². The van der Waals surface area contributed by atoms with E-state index in [0.29, 0.717) is 0 Å². The van der Waals surface area contributed by atoms with Crippen molar-refractivity contribution in [3.05, 3.63) is 10.1 Å². The monoisotopic (exact) mass is 249 g/mol. The van der Waals surface area contributed by atoms with Gasteiger partial charge in [0.15, 0.2) is 0 Å². The van der Waals surface area contributed by atoms with Crippen LogP contribution in [0.15, 0.2) is 0 Å². The van der Waals surface area contributed by atoms with Crippen LogP contribution in [0, 0.1) is 10.1 Å². The lowest BCUT2D eigenvalue weighted by molar-refractivity contribution is -0.758. The van der Waals surface area contributed by atoms with Crippen molar-refractivity contribution in [3.63, 3.8) is 0 Å². The number of primary amides is 1. The van der Waals surface area contributed by atoms with E-state index >= 15 is 0 Å². The zero-order valence-corrected chi connectivity index (χ0v) is 9.31. The lowest BCUT2D eigenvalue weighted by Gasteiger charge is -2.27. The Labute approximate surface area is 95.2 Å². The Bertz CT molecular complexity index is 323. The Morgan fingerprint density at radius 1 is 1.88 bits per heavy atom. The first-order chi connectivity index (χ1) is 7.43. The average Bonchev–Trinajstić information content (AvgIpc) is 2.56. The maximum atomic E-state index is 11.4. The van der Waals surface area contributed by atoms with Gasteiger partial charge >= 0.3 is 0 Å². The number of carbonyl (C=O) groups is 2. The van der Waals surface area contributed by atoms with Crippen molar-refractivity contribution in [2.24, 2.45) is 5.73 Å². The summed E-state index contributed by atoms with van der Waals surface area (Å²) in [5, 5.41) is 8.74. The molecular formula is C7H11N3O5S. The summed E-state index contributed by atoms with van der Waals surface area (Å²) >= 11 is 0.965. The van der Waals surface area contributed by atoms with Crippen molar-refractivity contribution in [3.8, 4) is 0 Å². The highest BCUT2D eigenvalue weighted by atomic mass is 32.2. The van der Waals surface area contributed by atoms with Gasteiger partial charge in [0.2, 0.25) is 5.91 Å². The fourth-order valence-corrected chi connectivity index (χ4v) is 2.47. The third kappa shape index (κ3) is 2.75. The van der Waals surface area contributed by atoms with E-state index in [1.807, 2.05) is 0 Å². The molecular weight excluding hydrogens is 238 g/mol. The van der Waals surface area contributed by atoms with E-state index in [0.717, 1.165) is 11.8 Å². The van der Waals surface area contributed by atoms with Crippen molar-refractivity contribution < 1.29 is 19.5 Å². The van der Waals surface area contributed by atoms with Crippen molar-refractivity contribution >= 4 is 22.9 Å². The van der Waals surface area contributed by atoms with Crippen molar-refractivity contribution in [1.29, 1.82) is 0 Å². The molecule has 2 unspecified atom stereocenters. The quantitative estimate of drug-likeness (QED) is 0.523. The van der Waals surface area contributed by atoms with Crippen LogP contribution in [0.3, 0.4) is 0 Å². The lowest BCUT2D eigenvalue weighted by atomic mass is 10.2. The fraction of sp³-hybridized carbons (Fsp3) is 0.714. The number of amides is 2. The first-order valence-electron chi connectivity index (χ1n) is 4.45. The van der Waals surface area contributed by atoms with Gasteiger partial charge in [-0.05, 0) is 6.92 Å². The summed E-state index contributed by atoms with van der Waals surface area (Å²) < 4.78 is 0. The van der Waals surface area contributed by atoms with E-state index in [1.54, 1.807) is 6.92 Å². The van der Waals surface area contributed by atoms with Crippen LogP contribution in [0.5, 0.6) is 0 Å². The Morgan fingerprint density at radius 2 is 2.50 bits per heavy atom. The Morgan fingerprint density at radius 3 is 3.00 bits per heavy atom. The average molecular weight is 249 g/mol. The second-order valence-electron chi connectivity index (χ2n) is 3.27. The van der Waals surface area contributed by atoms with E-state index in [1.165, 1.54) is 4.90 Å². The van der Waals surface area contributed by atoms with Gasteiger partial charge in [0, 0.05) is 5.75 Å². The number of thioether (sulfide) groups is 1. The molecule has 1 saturated heterocycles. The summed E-state index contributed by atoms with van der Waals surface area (Å²) in [7, 11) is 0. The minimum atomic E-state index is -0.941. The van der Waals surface area contributed by atoms with Crippen LogP contribution in [-0.2, 0) is 9.63 Å². The molecule has 9 heteroatoms. The predicted molar refractivity (Wildman–Crippen MR) is 55.1 cm³/mol. The highest BCUT2D eigenvalue weighted by Crippen LogP contribution is 2.26. The van der Waals surface area contributed by atoms with Gasteiger partial charge in [-0.3, -0.25) is 9.59 Å². The van der Waals surface area contributed by atoms with Crippen LogP contribution in [0.4, 0.5) is 4.79 Å². The van der Waals surface area contributed by atoms with E-state index < -0.39 is 23.1 Å². The second kappa shape index (κ2) is 5.01. The maximum absolute atomic E-state index is 11.4. The molecule has 1 rings (SSSR count). The van der Waals surface area contributed by atoms with Crippen LogP contribution in [0.2, 0.25) is 0 Å². The largest absolute Gasteiger partial charge is 0.368 e. The molecule has 0 aromatic heterocycles. The van der Waals surface area contributed by atoms with E-state index in [2.05, 4.69) is 4.84 Å². The van der Waals surface area contributed by atoms with E-state index in [4.69, 9.17) is 5.73 Å². The fourth-order valence-electron chi connectivity index (χ4n) is 1.39. The first-order valence-corrected chi connectivity index (χ1v) is 5.43. The molecule has 0 aromatic rings. The normalized spacial score (nSPS) is 21.9. The molecule has 2 N–H and O–H groups in total. The lowest BCUT2D eigenvalue weighted by Crippen LogP contribution is -2.49. The molecule has 1 aliphatic rings. The number of carbonyl (C=O) groups excluding carboxylic acids is 2. The molecule has 16 heavy (non-hydrogen) atoms.